The molecule has 2 amide bonds. The predicted molar refractivity (Wildman–Crippen MR) is 99.4 cm³/mol. The van der Waals surface area contributed by atoms with E-state index in [1.165, 1.54) is 0 Å². The van der Waals surface area contributed by atoms with Crippen LogP contribution in [0.25, 0.3) is 0 Å². The van der Waals surface area contributed by atoms with Crippen molar-refractivity contribution in [2.75, 3.05) is 52.4 Å². The van der Waals surface area contributed by atoms with Gasteiger partial charge in [-0.05, 0) is 26.3 Å². The molecule has 0 aromatic heterocycles. The van der Waals surface area contributed by atoms with Crippen molar-refractivity contribution in [2.24, 2.45) is 5.92 Å². The predicted octanol–water partition coefficient (Wildman–Crippen LogP) is 0.306. The molecule has 146 valence electrons. The van der Waals surface area contributed by atoms with Gasteiger partial charge in [-0.1, -0.05) is 20.8 Å². The van der Waals surface area contributed by atoms with E-state index in [4.69, 9.17) is 4.74 Å². The molecule has 0 radical (unpaired) electrons. The maximum absolute atomic E-state index is 12.2. The van der Waals surface area contributed by atoms with Gasteiger partial charge in [-0.3, -0.25) is 19.4 Å². The zero-order valence-electron chi connectivity index (χ0n) is 16.5. The fourth-order valence-electron chi connectivity index (χ4n) is 2.92. The Morgan fingerprint density at radius 1 is 1.20 bits per heavy atom. The highest BCUT2D eigenvalue weighted by Gasteiger charge is 2.22. The van der Waals surface area contributed by atoms with Crippen molar-refractivity contribution in [3.05, 3.63) is 0 Å². The normalized spacial score (nSPS) is 18.8. The molecule has 1 heterocycles. The van der Waals surface area contributed by atoms with Crippen LogP contribution in [0.5, 0.6) is 0 Å². The van der Waals surface area contributed by atoms with Gasteiger partial charge in [0.2, 0.25) is 11.8 Å². The van der Waals surface area contributed by atoms with Gasteiger partial charge in [0.1, 0.15) is 0 Å². The second kappa shape index (κ2) is 11.4. The molecule has 2 N–H and O–H groups in total. The van der Waals surface area contributed by atoms with Crippen LogP contribution >= 0.6 is 0 Å². The van der Waals surface area contributed by atoms with E-state index in [0.717, 1.165) is 19.6 Å². The Morgan fingerprint density at radius 2 is 1.88 bits per heavy atom. The fraction of sp³-hybridized carbons (Fsp3) is 0.889. The molecule has 0 aromatic carbocycles. The molecule has 1 saturated heterocycles. The average Bonchev–Trinajstić information content (AvgIpc) is 2.51. The summed E-state index contributed by atoms with van der Waals surface area (Å²) < 4.78 is 5.75. The third-order valence-corrected chi connectivity index (χ3v) is 4.00. The summed E-state index contributed by atoms with van der Waals surface area (Å²) in [6.07, 6.45) is 0.0377. The Kier molecular flexibility index (Phi) is 10.0. The Hall–Kier alpha value is -1.18. The van der Waals surface area contributed by atoms with Crippen LogP contribution in [0.3, 0.4) is 0 Å². The molecule has 25 heavy (non-hydrogen) atoms. The first kappa shape index (κ1) is 21.9. The van der Waals surface area contributed by atoms with Crippen LogP contribution in [0.15, 0.2) is 0 Å². The standard InChI is InChI=1S/C18H36N4O3/c1-6-21(13-18(24)20-15(4)5)12-17(23)19-9-16-11-22(7-8-25-16)10-14(2)3/h14-16H,6-13H2,1-5H3,(H,19,23)(H,20,24). The largest absolute Gasteiger partial charge is 0.374 e. The van der Waals surface area contributed by atoms with E-state index in [2.05, 4.69) is 29.4 Å². The van der Waals surface area contributed by atoms with Crippen LogP contribution in [0.2, 0.25) is 0 Å². The van der Waals surface area contributed by atoms with Crippen molar-refractivity contribution < 1.29 is 14.3 Å². The number of rotatable bonds is 10. The molecule has 0 bridgehead atoms. The van der Waals surface area contributed by atoms with E-state index in [9.17, 15) is 9.59 Å². The maximum atomic E-state index is 12.2. The lowest BCUT2D eigenvalue weighted by molar-refractivity contribution is -0.126. The molecule has 1 fully saturated rings. The minimum atomic E-state index is -0.0659. The van der Waals surface area contributed by atoms with Gasteiger partial charge in [0.25, 0.3) is 0 Å². The van der Waals surface area contributed by atoms with Crippen molar-refractivity contribution in [3.63, 3.8) is 0 Å². The van der Waals surface area contributed by atoms with Crippen molar-refractivity contribution >= 4 is 11.8 Å². The highest BCUT2D eigenvalue weighted by molar-refractivity contribution is 5.81. The Labute approximate surface area is 152 Å². The molecule has 0 spiro atoms. The number of ether oxygens (including phenoxy) is 1. The lowest BCUT2D eigenvalue weighted by Crippen LogP contribution is -2.50. The molecule has 0 aliphatic carbocycles. The van der Waals surface area contributed by atoms with E-state index in [1.54, 1.807) is 0 Å². The Bertz CT molecular complexity index is 415. The highest BCUT2D eigenvalue weighted by Crippen LogP contribution is 2.07. The second-order valence-corrected chi connectivity index (χ2v) is 7.48. The first-order valence-corrected chi connectivity index (χ1v) is 9.42. The quantitative estimate of drug-likeness (QED) is 0.589. The van der Waals surface area contributed by atoms with E-state index < -0.39 is 0 Å². The number of hydrogen-bond donors (Lipinski definition) is 2. The van der Waals surface area contributed by atoms with Crippen molar-refractivity contribution in [1.29, 1.82) is 0 Å². The lowest BCUT2D eigenvalue weighted by atomic mass is 10.2. The summed E-state index contributed by atoms with van der Waals surface area (Å²) in [4.78, 5) is 28.2. The van der Waals surface area contributed by atoms with Gasteiger partial charge >= 0.3 is 0 Å². The molecule has 1 atom stereocenters. The summed E-state index contributed by atoms with van der Waals surface area (Å²) in [5, 5.41) is 5.79. The molecule has 1 aliphatic heterocycles. The number of amides is 2. The number of morpholine rings is 1. The zero-order valence-corrected chi connectivity index (χ0v) is 16.5. The second-order valence-electron chi connectivity index (χ2n) is 7.48. The summed E-state index contributed by atoms with van der Waals surface area (Å²) >= 11 is 0. The van der Waals surface area contributed by atoms with Gasteiger partial charge in [0, 0.05) is 32.2 Å². The number of nitrogens with one attached hydrogen (secondary N) is 2. The first-order valence-electron chi connectivity index (χ1n) is 9.42. The van der Waals surface area contributed by atoms with Crippen molar-refractivity contribution in [3.8, 4) is 0 Å². The summed E-state index contributed by atoms with van der Waals surface area (Å²) in [5.74, 6) is 0.511. The van der Waals surface area contributed by atoms with Gasteiger partial charge < -0.3 is 15.4 Å². The highest BCUT2D eigenvalue weighted by atomic mass is 16.5. The van der Waals surface area contributed by atoms with Crippen molar-refractivity contribution in [2.45, 2.75) is 46.8 Å². The van der Waals surface area contributed by atoms with Crippen LogP contribution < -0.4 is 10.6 Å². The average molecular weight is 357 g/mol. The number of likely N-dealkylation sites (N-methyl/N-ethyl adjacent to an activating group) is 1. The first-order chi connectivity index (χ1) is 11.8. The van der Waals surface area contributed by atoms with E-state index in [1.807, 2.05) is 25.7 Å². The minimum Gasteiger partial charge on any atom is -0.374 e. The summed E-state index contributed by atoms with van der Waals surface area (Å²) in [6, 6.07) is 0.109. The van der Waals surface area contributed by atoms with E-state index in [0.29, 0.717) is 25.6 Å². The van der Waals surface area contributed by atoms with Gasteiger partial charge in [-0.15, -0.1) is 0 Å². The van der Waals surface area contributed by atoms with Crippen molar-refractivity contribution in [1.82, 2.24) is 20.4 Å². The van der Waals surface area contributed by atoms with Crippen LogP contribution in [0.4, 0.5) is 0 Å². The molecule has 7 heteroatoms. The Balaban J connectivity index is 2.31. The van der Waals surface area contributed by atoms with Gasteiger partial charge in [0.15, 0.2) is 0 Å². The minimum absolute atomic E-state index is 0.0377. The molecule has 1 unspecified atom stereocenters. The molecule has 1 rings (SSSR count). The number of carbonyl (C=O) groups is 2. The lowest BCUT2D eigenvalue weighted by Gasteiger charge is -2.34. The Morgan fingerprint density at radius 3 is 2.48 bits per heavy atom. The van der Waals surface area contributed by atoms with E-state index >= 15 is 0 Å². The summed E-state index contributed by atoms with van der Waals surface area (Å²) in [7, 11) is 0. The number of carbonyl (C=O) groups excluding carboxylic acids is 2. The smallest absolute Gasteiger partial charge is 0.234 e. The molecular formula is C18H36N4O3. The van der Waals surface area contributed by atoms with E-state index in [-0.39, 0.29) is 37.0 Å². The fourth-order valence-corrected chi connectivity index (χ4v) is 2.92. The SMILES string of the molecule is CCN(CC(=O)NCC1CN(CC(C)C)CCO1)CC(=O)NC(C)C. The molecular weight excluding hydrogens is 320 g/mol. The molecule has 7 nitrogen and oxygen atoms in total. The van der Waals surface area contributed by atoms with Gasteiger partial charge in [0.05, 0.1) is 25.8 Å². The molecule has 1 aliphatic rings. The molecule has 0 saturated carbocycles. The maximum Gasteiger partial charge on any atom is 0.234 e. The third-order valence-electron chi connectivity index (χ3n) is 4.00. The number of hydrogen-bond acceptors (Lipinski definition) is 5. The van der Waals surface area contributed by atoms with Crippen LogP contribution in [-0.2, 0) is 14.3 Å². The zero-order chi connectivity index (χ0) is 18.8. The van der Waals surface area contributed by atoms with Crippen LogP contribution in [-0.4, -0.2) is 86.2 Å². The topological polar surface area (TPSA) is 73.9 Å². The number of nitrogens with zero attached hydrogens (tertiary/aromatic N) is 2. The van der Waals surface area contributed by atoms with Gasteiger partial charge in [-0.25, -0.2) is 0 Å². The van der Waals surface area contributed by atoms with Crippen LogP contribution in [0.1, 0.15) is 34.6 Å². The van der Waals surface area contributed by atoms with Gasteiger partial charge in [-0.2, -0.15) is 0 Å². The summed E-state index contributed by atoms with van der Waals surface area (Å²) in [6.45, 7) is 15.4. The summed E-state index contributed by atoms with van der Waals surface area (Å²) in [5.41, 5.74) is 0. The van der Waals surface area contributed by atoms with Crippen LogP contribution in [0, 0.1) is 5.92 Å². The third kappa shape index (κ3) is 9.77. The molecule has 0 aromatic rings. The monoisotopic (exact) mass is 356 g/mol.